The second kappa shape index (κ2) is 8.75. The topological polar surface area (TPSA) is 71.1 Å². The summed E-state index contributed by atoms with van der Waals surface area (Å²) < 4.78 is 10.3. The average Bonchev–Trinajstić information content (AvgIpc) is 2.74. The van der Waals surface area contributed by atoms with Gasteiger partial charge in [0, 0.05) is 44.1 Å². The second-order valence-electron chi connectivity index (χ2n) is 6.72. The fourth-order valence-corrected chi connectivity index (χ4v) is 3.06. The molecular weight excluding hydrogens is 358 g/mol. The number of hydrogen-bond donors (Lipinski definition) is 1. The lowest BCUT2D eigenvalue weighted by molar-refractivity contribution is 0.0602. The molecule has 1 fully saturated rings. The van der Waals surface area contributed by atoms with Crippen LogP contribution in [0.3, 0.4) is 0 Å². The largest absolute Gasteiger partial charge is 0.465 e. The lowest BCUT2D eigenvalue weighted by Gasteiger charge is -2.29. The predicted octanol–water partition coefficient (Wildman–Crippen LogP) is 2.63. The molecule has 1 saturated heterocycles. The Morgan fingerprint density at radius 3 is 2.54 bits per heavy atom. The number of carbonyl (C=O) groups is 2. The summed E-state index contributed by atoms with van der Waals surface area (Å²) in [6, 6.07) is 12.7. The molecule has 1 heterocycles. The van der Waals surface area contributed by atoms with Crippen molar-refractivity contribution in [1.82, 2.24) is 0 Å². The van der Waals surface area contributed by atoms with Crippen LogP contribution < -0.4 is 15.1 Å². The van der Waals surface area contributed by atoms with E-state index in [1.54, 1.807) is 24.3 Å². The minimum atomic E-state index is -0.493. The van der Waals surface area contributed by atoms with Gasteiger partial charge in [-0.2, -0.15) is 0 Å². The fourth-order valence-electron chi connectivity index (χ4n) is 3.06. The van der Waals surface area contributed by atoms with Crippen molar-refractivity contribution < 1.29 is 19.1 Å². The molecule has 1 aliphatic rings. The molecule has 0 aromatic heterocycles. The molecule has 0 bridgehead atoms. The van der Waals surface area contributed by atoms with Crippen molar-refractivity contribution >= 4 is 28.9 Å². The Bertz CT molecular complexity index is 860. The normalized spacial score (nSPS) is 13.8. The van der Waals surface area contributed by atoms with E-state index in [1.165, 1.54) is 7.11 Å². The van der Waals surface area contributed by atoms with E-state index in [2.05, 4.69) is 10.2 Å². The summed E-state index contributed by atoms with van der Waals surface area (Å²) in [5.74, 6) is -0.777. The summed E-state index contributed by atoms with van der Waals surface area (Å²) in [5.41, 5.74) is 3.08. The minimum absolute atomic E-state index is 0.284. The highest BCUT2D eigenvalue weighted by Gasteiger charge is 2.19. The third kappa shape index (κ3) is 4.43. The van der Waals surface area contributed by atoms with Crippen molar-refractivity contribution in [3.05, 3.63) is 53.6 Å². The van der Waals surface area contributed by atoms with Gasteiger partial charge in [0.1, 0.15) is 0 Å². The van der Waals surface area contributed by atoms with Crippen LogP contribution in [0.5, 0.6) is 0 Å². The van der Waals surface area contributed by atoms with E-state index in [-0.39, 0.29) is 5.91 Å². The monoisotopic (exact) mass is 383 g/mol. The van der Waals surface area contributed by atoms with Crippen molar-refractivity contribution in [2.75, 3.05) is 62.6 Å². The molecule has 7 heteroatoms. The fraction of sp³-hybridized carbons (Fsp3) is 0.333. The Morgan fingerprint density at radius 2 is 1.86 bits per heavy atom. The zero-order valence-corrected chi connectivity index (χ0v) is 16.4. The number of anilines is 3. The Kier molecular flexibility index (Phi) is 6.16. The number of rotatable bonds is 5. The molecule has 0 aliphatic carbocycles. The Balaban J connectivity index is 1.87. The average molecular weight is 383 g/mol. The van der Waals surface area contributed by atoms with Crippen LogP contribution in [-0.2, 0) is 9.47 Å². The Hall–Kier alpha value is -3.06. The molecule has 148 valence electrons. The molecule has 2 aromatic rings. The highest BCUT2D eigenvalue weighted by molar-refractivity contribution is 6.08. The molecule has 3 rings (SSSR count). The molecular formula is C21H25N3O4. The number of nitrogens with zero attached hydrogens (tertiary/aromatic N) is 2. The van der Waals surface area contributed by atoms with Crippen LogP contribution >= 0.6 is 0 Å². The maximum absolute atomic E-state index is 12.7. The van der Waals surface area contributed by atoms with Gasteiger partial charge in [0.2, 0.25) is 0 Å². The molecule has 1 aliphatic heterocycles. The van der Waals surface area contributed by atoms with E-state index >= 15 is 0 Å². The van der Waals surface area contributed by atoms with Gasteiger partial charge in [-0.25, -0.2) is 4.79 Å². The van der Waals surface area contributed by atoms with Gasteiger partial charge in [-0.05, 0) is 36.4 Å². The first kappa shape index (κ1) is 19.7. The maximum Gasteiger partial charge on any atom is 0.340 e. The molecule has 7 nitrogen and oxygen atoms in total. The molecule has 0 unspecified atom stereocenters. The Labute approximate surface area is 164 Å². The van der Waals surface area contributed by atoms with E-state index in [0.29, 0.717) is 30.0 Å². The van der Waals surface area contributed by atoms with Crippen molar-refractivity contribution in [2.45, 2.75) is 0 Å². The van der Waals surface area contributed by atoms with E-state index in [9.17, 15) is 9.59 Å². The van der Waals surface area contributed by atoms with Crippen molar-refractivity contribution in [3.8, 4) is 0 Å². The second-order valence-corrected chi connectivity index (χ2v) is 6.72. The van der Waals surface area contributed by atoms with Gasteiger partial charge >= 0.3 is 5.97 Å². The number of amides is 1. The third-order valence-electron chi connectivity index (χ3n) is 4.66. The molecule has 28 heavy (non-hydrogen) atoms. The van der Waals surface area contributed by atoms with Crippen molar-refractivity contribution in [2.24, 2.45) is 0 Å². The predicted molar refractivity (Wildman–Crippen MR) is 110 cm³/mol. The zero-order valence-electron chi connectivity index (χ0n) is 16.4. The summed E-state index contributed by atoms with van der Waals surface area (Å²) in [6.45, 7) is 2.80. The van der Waals surface area contributed by atoms with Gasteiger partial charge in [-0.3, -0.25) is 4.79 Å². The number of ether oxygens (including phenoxy) is 2. The molecule has 0 spiro atoms. The van der Waals surface area contributed by atoms with Gasteiger partial charge in [0.25, 0.3) is 5.91 Å². The number of nitrogens with one attached hydrogen (secondary N) is 1. The van der Waals surface area contributed by atoms with Gasteiger partial charge in [0.15, 0.2) is 0 Å². The van der Waals surface area contributed by atoms with E-state index in [4.69, 9.17) is 9.47 Å². The zero-order chi connectivity index (χ0) is 20.1. The third-order valence-corrected chi connectivity index (χ3v) is 4.66. The van der Waals surface area contributed by atoms with Gasteiger partial charge in [0.05, 0.1) is 31.6 Å². The van der Waals surface area contributed by atoms with Crippen LogP contribution in [0.15, 0.2) is 42.5 Å². The van der Waals surface area contributed by atoms with Crippen LogP contribution in [0, 0.1) is 0 Å². The summed E-state index contributed by atoms with van der Waals surface area (Å²) in [4.78, 5) is 29.1. The summed E-state index contributed by atoms with van der Waals surface area (Å²) in [7, 11) is 5.16. The Morgan fingerprint density at radius 1 is 1.11 bits per heavy atom. The molecule has 1 N–H and O–H groups in total. The van der Waals surface area contributed by atoms with Crippen LogP contribution in [-0.4, -0.2) is 59.4 Å². The highest BCUT2D eigenvalue weighted by Crippen LogP contribution is 2.26. The van der Waals surface area contributed by atoms with Crippen LogP contribution in [0.1, 0.15) is 20.7 Å². The highest BCUT2D eigenvalue weighted by atomic mass is 16.5. The first-order valence-corrected chi connectivity index (χ1v) is 9.13. The summed E-state index contributed by atoms with van der Waals surface area (Å²) in [6.07, 6.45) is 0. The lowest BCUT2D eigenvalue weighted by atomic mass is 10.1. The van der Waals surface area contributed by atoms with E-state index in [0.717, 1.165) is 24.5 Å². The first-order chi connectivity index (χ1) is 13.5. The van der Waals surface area contributed by atoms with E-state index < -0.39 is 5.97 Å². The summed E-state index contributed by atoms with van der Waals surface area (Å²) in [5, 5.41) is 2.84. The quantitative estimate of drug-likeness (QED) is 0.801. The van der Waals surface area contributed by atoms with Crippen LogP contribution in [0.2, 0.25) is 0 Å². The minimum Gasteiger partial charge on any atom is -0.465 e. The smallest absolute Gasteiger partial charge is 0.340 e. The van der Waals surface area contributed by atoms with Crippen molar-refractivity contribution in [3.63, 3.8) is 0 Å². The first-order valence-electron chi connectivity index (χ1n) is 9.13. The molecule has 0 saturated carbocycles. The molecule has 2 aromatic carbocycles. The molecule has 0 radical (unpaired) electrons. The van der Waals surface area contributed by atoms with Gasteiger partial charge < -0.3 is 24.6 Å². The maximum atomic E-state index is 12.7. The summed E-state index contributed by atoms with van der Waals surface area (Å²) >= 11 is 0. The van der Waals surface area contributed by atoms with Crippen LogP contribution in [0.4, 0.5) is 17.1 Å². The number of methoxy groups -OCH3 is 1. The molecule has 1 amide bonds. The number of benzene rings is 2. The lowest BCUT2D eigenvalue weighted by Crippen LogP contribution is -2.36. The number of hydrogen-bond acceptors (Lipinski definition) is 6. The van der Waals surface area contributed by atoms with E-state index in [1.807, 2.05) is 37.2 Å². The van der Waals surface area contributed by atoms with Crippen molar-refractivity contribution in [1.29, 1.82) is 0 Å². The standard InChI is InChI=1S/C21H25N3O4/c1-23(2)16-6-4-5-15(13-16)20(25)22-19-8-7-17(14-18(19)21(26)27-3)24-9-11-28-12-10-24/h4-8,13-14H,9-12H2,1-3H3,(H,22,25). The SMILES string of the molecule is COC(=O)c1cc(N2CCOCC2)ccc1NC(=O)c1cccc(N(C)C)c1. The molecule has 0 atom stereocenters. The number of morpholine rings is 1. The number of carbonyl (C=O) groups excluding carboxylic acids is 2. The van der Waals surface area contributed by atoms with Gasteiger partial charge in [-0.1, -0.05) is 6.07 Å². The van der Waals surface area contributed by atoms with Gasteiger partial charge in [-0.15, -0.1) is 0 Å². The number of esters is 1. The van der Waals surface area contributed by atoms with Crippen LogP contribution in [0.25, 0.3) is 0 Å².